The Morgan fingerprint density at radius 2 is 2.04 bits per heavy atom. The van der Waals surface area contributed by atoms with Gasteiger partial charge in [-0.2, -0.15) is 4.98 Å². The van der Waals surface area contributed by atoms with Crippen molar-refractivity contribution in [2.75, 3.05) is 12.3 Å². The summed E-state index contributed by atoms with van der Waals surface area (Å²) >= 11 is 0. The predicted octanol–water partition coefficient (Wildman–Crippen LogP) is 0.287. The Hall–Kier alpha value is -1.91. The monoisotopic (exact) mass is 411 g/mol. The summed E-state index contributed by atoms with van der Waals surface area (Å²) in [6.07, 6.45) is -2.25. The average Bonchev–Trinajstić information content (AvgIpc) is 2.89. The first-order chi connectivity index (χ1) is 13.3. The summed E-state index contributed by atoms with van der Waals surface area (Å²) in [5.41, 5.74) is 3.81. The highest BCUT2D eigenvalue weighted by molar-refractivity contribution is 7.40. The van der Waals surface area contributed by atoms with Crippen molar-refractivity contribution in [3.8, 4) is 0 Å². The van der Waals surface area contributed by atoms with E-state index in [1.165, 1.54) is 19.2 Å². The maximum atomic E-state index is 12.0. The molecule has 1 unspecified atom stereocenters. The van der Waals surface area contributed by atoms with E-state index in [0.29, 0.717) is 0 Å². The summed E-state index contributed by atoms with van der Waals surface area (Å²) in [6.45, 7) is 1.24. The fourth-order valence-corrected chi connectivity index (χ4v) is 3.47. The molecule has 5 atom stereocenters. The lowest BCUT2D eigenvalue weighted by Gasteiger charge is -2.27. The van der Waals surface area contributed by atoms with Gasteiger partial charge in [0, 0.05) is 6.20 Å². The molecule has 1 aromatic heterocycles. The molecule has 3 rings (SSSR count). The Morgan fingerprint density at radius 1 is 1.32 bits per heavy atom. The fourth-order valence-electron chi connectivity index (χ4n) is 2.86. The summed E-state index contributed by atoms with van der Waals surface area (Å²) in [6, 6.07) is 10.6. The average molecular weight is 411 g/mol. The second-order valence-electron chi connectivity index (χ2n) is 6.53. The molecule has 2 heterocycles. The number of nitrogens with zero attached hydrogens (tertiary/aromatic N) is 2. The minimum atomic E-state index is -2.22. The Kier molecular flexibility index (Phi) is 6.41. The lowest BCUT2D eigenvalue weighted by atomic mass is 9.96. The first kappa shape index (κ1) is 20.8. The lowest BCUT2D eigenvalue weighted by molar-refractivity contribution is -0.0984. The van der Waals surface area contributed by atoms with Crippen LogP contribution in [0.3, 0.4) is 0 Å². The van der Waals surface area contributed by atoms with Gasteiger partial charge >= 0.3 is 14.3 Å². The summed E-state index contributed by atoms with van der Waals surface area (Å²) in [5, 5.41) is 21.0. The van der Waals surface area contributed by atoms with Gasteiger partial charge in [0.05, 0.1) is 13.2 Å². The third-order valence-electron chi connectivity index (χ3n) is 4.39. The molecule has 0 amide bonds. The third kappa shape index (κ3) is 4.56. The van der Waals surface area contributed by atoms with E-state index in [1.54, 1.807) is 0 Å². The smallest absolute Gasteiger partial charge is 0.351 e. The highest BCUT2D eigenvalue weighted by atomic mass is 31.2. The topological polar surface area (TPSA) is 149 Å². The van der Waals surface area contributed by atoms with E-state index in [-0.39, 0.29) is 19.0 Å². The summed E-state index contributed by atoms with van der Waals surface area (Å²) in [7, 11) is -2.22. The van der Waals surface area contributed by atoms with Crippen LogP contribution in [-0.2, 0) is 20.4 Å². The minimum Gasteiger partial charge on any atom is -0.387 e. The van der Waals surface area contributed by atoms with E-state index < -0.39 is 38.3 Å². The van der Waals surface area contributed by atoms with Crippen LogP contribution in [0.1, 0.15) is 18.7 Å². The highest BCUT2D eigenvalue weighted by Crippen LogP contribution is 2.40. The van der Waals surface area contributed by atoms with E-state index in [0.717, 1.165) is 10.1 Å². The second kappa shape index (κ2) is 8.62. The van der Waals surface area contributed by atoms with Crippen LogP contribution < -0.4 is 11.4 Å². The first-order valence-electron chi connectivity index (χ1n) is 8.48. The van der Waals surface area contributed by atoms with Crippen molar-refractivity contribution in [2.45, 2.75) is 37.6 Å². The van der Waals surface area contributed by atoms with Gasteiger partial charge in [0.25, 0.3) is 0 Å². The van der Waals surface area contributed by atoms with Gasteiger partial charge in [-0.3, -0.25) is 4.57 Å². The fraction of sp³-hybridized carbons (Fsp3) is 0.412. The van der Waals surface area contributed by atoms with E-state index >= 15 is 0 Å². The summed E-state index contributed by atoms with van der Waals surface area (Å²) < 4.78 is 17.1. The van der Waals surface area contributed by atoms with Crippen LogP contribution in [0.25, 0.3) is 0 Å². The van der Waals surface area contributed by atoms with Crippen molar-refractivity contribution in [3.63, 3.8) is 0 Å². The molecule has 10 nitrogen and oxygen atoms in total. The molecule has 1 aromatic carbocycles. The van der Waals surface area contributed by atoms with Gasteiger partial charge in [-0.15, -0.1) is 0 Å². The third-order valence-corrected chi connectivity index (χ3v) is 5.11. The summed E-state index contributed by atoms with van der Waals surface area (Å²) in [4.78, 5) is 25.5. The van der Waals surface area contributed by atoms with Crippen molar-refractivity contribution in [3.05, 3.63) is 58.6 Å². The number of hydrogen-bond acceptors (Lipinski definition) is 9. The number of anilines is 1. The number of hydrogen-bond donors (Lipinski definition) is 4. The molecule has 0 saturated carbocycles. The van der Waals surface area contributed by atoms with Gasteiger partial charge < -0.3 is 34.6 Å². The van der Waals surface area contributed by atoms with Gasteiger partial charge in [-0.1, -0.05) is 30.3 Å². The van der Waals surface area contributed by atoms with Gasteiger partial charge in [-0.05, 0) is 18.6 Å². The molecule has 5 N–H and O–H groups in total. The normalized spacial score (nSPS) is 28.4. The first-order valence-corrected chi connectivity index (χ1v) is 9.61. The van der Waals surface area contributed by atoms with Gasteiger partial charge in [0.15, 0.2) is 6.23 Å². The van der Waals surface area contributed by atoms with Crippen molar-refractivity contribution >= 4 is 14.4 Å². The van der Waals surface area contributed by atoms with Crippen molar-refractivity contribution < 1.29 is 28.9 Å². The molecule has 1 fully saturated rings. The number of ether oxygens (including phenoxy) is 1. The predicted molar refractivity (Wildman–Crippen MR) is 99.8 cm³/mol. The van der Waals surface area contributed by atoms with Gasteiger partial charge in [0.1, 0.15) is 23.6 Å². The highest BCUT2D eigenvalue weighted by Gasteiger charge is 2.53. The number of aromatic nitrogens is 2. The number of aliphatic hydroxyl groups excluding tert-OH is 1. The van der Waals surface area contributed by atoms with E-state index in [1.807, 2.05) is 30.3 Å². The standard InChI is InChI=1S/C17H22N3O7P/c1-17(23)14(21)12(27-15(17)20-8-7-13(18)19-16(20)22)10-26-28(24)25-9-11-5-3-2-4-6-11/h2-8,12,14-15,21,23-24H,9-10H2,1H3,(H2,18,19,22)/t12-,14-,15-,17-,28?/m1/s1. The quantitative estimate of drug-likeness (QED) is 0.472. The molecule has 11 heteroatoms. The van der Waals surface area contributed by atoms with Crippen LogP contribution in [0.4, 0.5) is 5.82 Å². The Morgan fingerprint density at radius 3 is 2.71 bits per heavy atom. The molecule has 2 aromatic rings. The van der Waals surface area contributed by atoms with E-state index in [9.17, 15) is 19.9 Å². The molecule has 152 valence electrons. The van der Waals surface area contributed by atoms with Gasteiger partial charge in [0.2, 0.25) is 0 Å². The zero-order chi connectivity index (χ0) is 20.3. The second-order valence-corrected chi connectivity index (χ2v) is 7.52. The van der Waals surface area contributed by atoms with Crippen LogP contribution in [0, 0.1) is 0 Å². The van der Waals surface area contributed by atoms with E-state index in [2.05, 4.69) is 4.98 Å². The number of benzene rings is 1. The number of aliphatic hydroxyl groups is 2. The maximum absolute atomic E-state index is 12.0. The Bertz CT molecular complexity index is 848. The lowest BCUT2D eigenvalue weighted by Crippen LogP contribution is -2.46. The SMILES string of the molecule is C[C@@]1(O)[C@H](O)[C@@H](COP(O)OCc2ccccc2)O[C@H]1n1ccc(N)nc1=O. The molecule has 0 bridgehead atoms. The molecule has 0 spiro atoms. The molecule has 0 radical (unpaired) electrons. The molecule has 1 saturated heterocycles. The Balaban J connectivity index is 1.59. The molecule has 0 aliphatic carbocycles. The van der Waals surface area contributed by atoms with E-state index in [4.69, 9.17) is 19.5 Å². The van der Waals surface area contributed by atoms with Crippen molar-refractivity contribution in [1.29, 1.82) is 0 Å². The zero-order valence-corrected chi connectivity index (χ0v) is 16.0. The number of nitrogen functional groups attached to an aromatic ring is 1. The van der Waals surface area contributed by atoms with Crippen LogP contribution >= 0.6 is 8.60 Å². The molecule has 28 heavy (non-hydrogen) atoms. The largest absolute Gasteiger partial charge is 0.387 e. The molecular formula is C17H22N3O7P. The van der Waals surface area contributed by atoms with Crippen LogP contribution in [0.2, 0.25) is 0 Å². The number of rotatable bonds is 7. The van der Waals surface area contributed by atoms with Crippen molar-refractivity contribution in [1.82, 2.24) is 9.55 Å². The zero-order valence-electron chi connectivity index (χ0n) is 15.1. The summed E-state index contributed by atoms with van der Waals surface area (Å²) in [5.74, 6) is 0.0285. The van der Waals surface area contributed by atoms with Crippen LogP contribution in [-0.4, -0.2) is 49.1 Å². The van der Waals surface area contributed by atoms with Gasteiger partial charge in [-0.25, -0.2) is 4.79 Å². The number of nitrogens with two attached hydrogens (primary N) is 1. The molecule has 1 aliphatic heterocycles. The van der Waals surface area contributed by atoms with Crippen molar-refractivity contribution in [2.24, 2.45) is 0 Å². The van der Waals surface area contributed by atoms with Crippen LogP contribution in [0.15, 0.2) is 47.4 Å². The van der Waals surface area contributed by atoms with Crippen LogP contribution in [0.5, 0.6) is 0 Å². The minimum absolute atomic E-state index is 0.0285. The Labute approximate surface area is 162 Å². The molecule has 1 aliphatic rings. The maximum Gasteiger partial charge on any atom is 0.351 e. The molecular weight excluding hydrogens is 389 g/mol.